The maximum Gasteiger partial charge on any atom is 0.331 e. The number of esters is 6. The molecule has 13 aliphatic rings. The molecule has 0 aromatic heterocycles. The molecule has 0 aliphatic heterocycles. The molecule has 0 heterocycles. The van der Waals surface area contributed by atoms with Gasteiger partial charge in [0.05, 0.1) is 23.4 Å². The summed E-state index contributed by atoms with van der Waals surface area (Å²) in [5.74, 6) is 2.95. The predicted molar refractivity (Wildman–Crippen MR) is 393 cm³/mol. The number of hydrogen-bond acceptors (Lipinski definition) is 13. The van der Waals surface area contributed by atoms with Gasteiger partial charge in [-0.1, -0.05) is 131 Å². The van der Waals surface area contributed by atoms with Gasteiger partial charge in [-0.3, -0.25) is 14.4 Å². The Morgan fingerprint density at radius 3 is 0.970 bits per heavy atom. The molecule has 101 heavy (non-hydrogen) atoms. The Labute approximate surface area is 601 Å². The van der Waals surface area contributed by atoms with E-state index in [4.69, 9.17) is 33.2 Å². The molecule has 13 nitrogen and oxygen atoms in total. The van der Waals surface area contributed by atoms with Crippen molar-refractivity contribution >= 4 is 54.0 Å². The third-order valence-electron chi connectivity index (χ3n) is 25.4. The van der Waals surface area contributed by atoms with Gasteiger partial charge in [-0.2, -0.15) is 0 Å². The van der Waals surface area contributed by atoms with Gasteiger partial charge in [-0.25, -0.2) is 14.4 Å². The summed E-state index contributed by atoms with van der Waals surface area (Å²) in [5, 5.41) is 0. The summed E-state index contributed by atoms with van der Waals surface area (Å²) in [6.07, 6.45) is 35.0. The van der Waals surface area contributed by atoms with Crippen LogP contribution in [-0.2, 0) is 57.2 Å². The molecule has 6 atom stereocenters. The van der Waals surface area contributed by atoms with Gasteiger partial charge in [0.1, 0.15) is 39.4 Å². The third kappa shape index (κ3) is 17.2. The fraction of sp³-hybridized carbons (Fsp3) is 0.591. The second kappa shape index (κ2) is 29.5. The van der Waals surface area contributed by atoms with E-state index in [0.29, 0.717) is 60.7 Å². The van der Waals surface area contributed by atoms with E-state index in [9.17, 15) is 28.8 Å². The van der Waals surface area contributed by atoms with Gasteiger partial charge in [0.2, 0.25) is 0 Å². The molecule has 13 heteroatoms. The Balaban J connectivity index is 0.000000144. The van der Waals surface area contributed by atoms with Gasteiger partial charge in [0.15, 0.2) is 0 Å². The van der Waals surface area contributed by atoms with Crippen LogP contribution in [0.1, 0.15) is 257 Å². The highest BCUT2D eigenvalue weighted by atomic mass is 16.6. The number of rotatable bonds is 21. The number of carbonyl (C=O) groups is 6. The lowest BCUT2D eigenvalue weighted by molar-refractivity contribution is -0.235. The van der Waals surface area contributed by atoms with Crippen molar-refractivity contribution in [3.05, 3.63) is 144 Å². The van der Waals surface area contributed by atoms with Gasteiger partial charge in [-0.05, 0) is 275 Å². The minimum atomic E-state index is -0.515. The molecule has 13 aliphatic carbocycles. The largest absolute Gasteiger partial charge is 0.497 e. The summed E-state index contributed by atoms with van der Waals surface area (Å²) in [4.78, 5) is 77.3. The van der Waals surface area contributed by atoms with Crippen LogP contribution in [0.15, 0.2) is 121 Å². The van der Waals surface area contributed by atoms with Crippen LogP contribution in [0.2, 0.25) is 0 Å². The molecular weight excluding hydrogens is 1260 g/mol. The van der Waals surface area contributed by atoms with Crippen LogP contribution in [0.5, 0.6) is 5.75 Å². The van der Waals surface area contributed by atoms with E-state index in [2.05, 4.69) is 48.5 Å². The molecule has 17 rings (SSSR count). The van der Waals surface area contributed by atoms with Crippen molar-refractivity contribution in [3.63, 3.8) is 0 Å². The van der Waals surface area contributed by atoms with Crippen LogP contribution >= 0.6 is 0 Å². The zero-order chi connectivity index (χ0) is 71.6. The molecule has 0 spiro atoms. The second-order valence-corrected chi connectivity index (χ2v) is 34.9. The average Bonchev–Trinajstić information content (AvgIpc) is 0.735. The van der Waals surface area contributed by atoms with Crippen molar-refractivity contribution in [2.75, 3.05) is 7.11 Å². The van der Waals surface area contributed by atoms with Gasteiger partial charge < -0.3 is 33.2 Å². The maximum absolute atomic E-state index is 13.0. The highest BCUT2D eigenvalue weighted by Crippen LogP contribution is 2.64. The van der Waals surface area contributed by atoms with Crippen LogP contribution in [0.25, 0.3) is 29.4 Å². The normalized spacial score (nSPS) is 31.2. The summed E-state index contributed by atoms with van der Waals surface area (Å²) in [6, 6.07) is 34.6. The van der Waals surface area contributed by atoms with Crippen molar-refractivity contribution in [1.82, 2.24) is 0 Å². The molecule has 13 fully saturated rings. The third-order valence-corrected chi connectivity index (χ3v) is 25.4. The standard InChI is InChI=1S/C31H42O4.C31H36O4.C26H34O5/c2*1-4-29(2,3)28(33)35-31-19-23-16-24(20-31)18-30(17-23,21-31)34-27(32)15-12-22-10-13-26(14-11-22)25-8-6-5-7-9-25;1-5-24(2,3)23(28)31-26-15-19-12-20(16-26)14-25(13-19,17-26)30-22(27)11-8-18-6-9-21(29-4)10-7-18/h10-15,23-25H,4-9,16-21H2,1-3H3;5-15,23-24H,4,16-21H2,1-3H3;6-11,19-20H,5,12-17H2,1-4H3/b2*15-12+;11-8+. The van der Waals surface area contributed by atoms with Gasteiger partial charge in [0, 0.05) is 37.5 Å². The summed E-state index contributed by atoms with van der Waals surface area (Å²) >= 11 is 0. The summed E-state index contributed by atoms with van der Waals surface area (Å²) in [6.45, 7) is 17.7. The van der Waals surface area contributed by atoms with Crippen LogP contribution < -0.4 is 4.74 Å². The molecule has 12 bridgehead atoms. The summed E-state index contributed by atoms with van der Waals surface area (Å²) < 4.78 is 42.3. The van der Waals surface area contributed by atoms with Crippen LogP contribution in [0.4, 0.5) is 0 Å². The van der Waals surface area contributed by atoms with Crippen LogP contribution in [0.3, 0.4) is 0 Å². The fourth-order valence-corrected chi connectivity index (χ4v) is 20.1. The van der Waals surface area contributed by atoms with E-state index >= 15 is 0 Å². The monoisotopic (exact) mass is 1380 g/mol. The topological polar surface area (TPSA) is 167 Å². The average molecular weight is 1380 g/mol. The van der Waals surface area contributed by atoms with Crippen molar-refractivity contribution in [2.24, 2.45) is 51.8 Å². The Kier molecular flexibility index (Phi) is 21.4. The highest BCUT2D eigenvalue weighted by molar-refractivity contribution is 5.89. The summed E-state index contributed by atoms with van der Waals surface area (Å²) in [5.41, 5.74) is 2.21. The molecule has 6 unspecified atom stereocenters. The van der Waals surface area contributed by atoms with Crippen molar-refractivity contribution in [3.8, 4) is 16.9 Å². The smallest absolute Gasteiger partial charge is 0.331 e. The molecular formula is C88H112O13. The van der Waals surface area contributed by atoms with Crippen molar-refractivity contribution in [2.45, 2.75) is 269 Å². The molecule has 4 aromatic rings. The maximum atomic E-state index is 13.0. The SMILES string of the molecule is CCC(C)(C)C(=O)OC12CC3CC(CC(OC(=O)/C=C/c4ccc(-c5ccccc5)cc4)(C3)C1)C2.CCC(C)(C)C(=O)OC12CC3CC(CC(OC(=O)/C=C/c4ccc(C5CCCCC5)cc4)(C3)C1)C2.CCC(C)(C)C(=O)OC12CC3CC(CC(OC(=O)/C=C/c4ccc(OC)cc4)(C3)C1)C2. The minimum Gasteiger partial charge on any atom is -0.497 e. The van der Waals surface area contributed by atoms with E-state index in [-0.39, 0.29) is 35.8 Å². The van der Waals surface area contributed by atoms with Gasteiger partial charge >= 0.3 is 35.8 Å². The molecule has 542 valence electrons. The zero-order valence-corrected chi connectivity index (χ0v) is 62.0. The minimum absolute atomic E-state index is 0.111. The molecule has 13 saturated carbocycles. The number of carbonyl (C=O) groups excluding carboxylic acids is 6. The van der Waals surface area contributed by atoms with Crippen LogP contribution in [-0.4, -0.2) is 76.5 Å². The first-order chi connectivity index (χ1) is 48.1. The first-order valence-corrected chi connectivity index (χ1v) is 38.4. The van der Waals surface area contributed by atoms with Crippen molar-refractivity contribution < 1.29 is 61.9 Å². The number of ether oxygens (including phenoxy) is 7. The zero-order valence-electron chi connectivity index (χ0n) is 62.0. The lowest BCUT2D eigenvalue weighted by Gasteiger charge is -2.60. The van der Waals surface area contributed by atoms with E-state index in [1.807, 2.05) is 129 Å². The lowest BCUT2D eigenvalue weighted by atomic mass is 9.52. The van der Waals surface area contributed by atoms with E-state index in [1.165, 1.54) is 61.8 Å². The quantitative estimate of drug-likeness (QED) is 0.0440. The number of methoxy groups -OCH3 is 1. The second-order valence-electron chi connectivity index (χ2n) is 34.9. The highest BCUT2D eigenvalue weighted by Gasteiger charge is 2.65. The molecule has 0 saturated heterocycles. The van der Waals surface area contributed by atoms with Gasteiger partial charge in [0.25, 0.3) is 0 Å². The Morgan fingerprint density at radius 1 is 0.376 bits per heavy atom. The van der Waals surface area contributed by atoms with E-state index in [1.54, 1.807) is 19.3 Å². The molecule has 0 amide bonds. The van der Waals surface area contributed by atoms with E-state index < -0.39 is 49.9 Å². The first-order valence-electron chi connectivity index (χ1n) is 38.4. The Hall–Kier alpha value is -7.28. The van der Waals surface area contributed by atoms with E-state index in [0.717, 1.165) is 137 Å². The van der Waals surface area contributed by atoms with Crippen molar-refractivity contribution in [1.29, 1.82) is 0 Å². The Morgan fingerprint density at radius 2 is 0.663 bits per heavy atom. The molecule has 0 N–H and O–H groups in total. The van der Waals surface area contributed by atoms with Crippen LogP contribution in [0, 0.1) is 51.8 Å². The molecule has 4 aromatic carbocycles. The molecule has 0 radical (unpaired) electrons. The fourth-order valence-electron chi connectivity index (χ4n) is 20.1. The predicted octanol–water partition coefficient (Wildman–Crippen LogP) is 19.7. The number of hydrogen-bond donors (Lipinski definition) is 0. The Bertz CT molecular complexity index is 3670. The number of benzene rings is 4. The summed E-state index contributed by atoms with van der Waals surface area (Å²) in [7, 11) is 1.63. The lowest BCUT2D eigenvalue weighted by Crippen LogP contribution is -2.62. The van der Waals surface area contributed by atoms with Gasteiger partial charge in [-0.15, -0.1) is 0 Å². The first kappa shape index (κ1) is 73.5.